The van der Waals surface area contributed by atoms with Crippen molar-refractivity contribution in [3.05, 3.63) is 68.7 Å². The largest absolute Gasteiger partial charge is 0.435 e. The normalized spacial score (nSPS) is 18.6. The molecule has 1 aliphatic heterocycles. The van der Waals surface area contributed by atoms with E-state index in [1.807, 2.05) is 0 Å². The van der Waals surface area contributed by atoms with Crippen LogP contribution >= 0.6 is 23.2 Å². The van der Waals surface area contributed by atoms with Gasteiger partial charge in [0.2, 0.25) is 5.91 Å². The monoisotopic (exact) mass is 529 g/mol. The predicted octanol–water partition coefficient (Wildman–Crippen LogP) is 5.53. The third-order valence-corrected chi connectivity index (χ3v) is 5.93. The number of nitrogens with zero attached hydrogens (tertiary/aromatic N) is 1. The van der Waals surface area contributed by atoms with Crippen molar-refractivity contribution in [2.75, 3.05) is 0 Å². The van der Waals surface area contributed by atoms with Crippen LogP contribution in [-0.2, 0) is 15.2 Å². The summed E-state index contributed by atoms with van der Waals surface area (Å²) in [4.78, 5) is 29.8. The summed E-state index contributed by atoms with van der Waals surface area (Å²) < 4.78 is 42.6. The highest BCUT2D eigenvalue weighted by Crippen LogP contribution is 2.49. The van der Waals surface area contributed by atoms with E-state index >= 15 is 0 Å². The minimum Gasteiger partial charge on any atom is -0.374 e. The Morgan fingerprint density at radius 2 is 1.69 bits per heavy atom. The molecular weight excluding hydrogens is 506 g/mol. The fourth-order valence-corrected chi connectivity index (χ4v) is 4.22. The van der Waals surface area contributed by atoms with Crippen LogP contribution in [0.1, 0.15) is 54.2 Å². The molecule has 2 unspecified atom stereocenters. The van der Waals surface area contributed by atoms with E-state index < -0.39 is 30.1 Å². The second kappa shape index (κ2) is 10.1. The summed E-state index contributed by atoms with van der Waals surface area (Å²) in [6.07, 6.45) is -5.42. The molecule has 2 N–H and O–H groups in total. The number of hydrogen-bond donors (Lipinski definition) is 2. The molecule has 11 heteroatoms. The Hall–Kier alpha value is -2.78. The second-order valence-electron chi connectivity index (χ2n) is 8.68. The molecule has 0 aliphatic carbocycles. The van der Waals surface area contributed by atoms with Gasteiger partial charge >= 0.3 is 6.18 Å². The number of amides is 2. The van der Waals surface area contributed by atoms with Gasteiger partial charge in [-0.25, -0.2) is 0 Å². The number of benzene rings is 2. The number of carbonyl (C=O) groups excluding carboxylic acids is 2. The minimum atomic E-state index is -4.81. The maximum Gasteiger partial charge on any atom is 0.435 e. The molecule has 0 saturated carbocycles. The zero-order chi connectivity index (χ0) is 26.1. The van der Waals surface area contributed by atoms with Gasteiger partial charge in [0.15, 0.2) is 0 Å². The molecule has 3 rings (SSSR count). The van der Waals surface area contributed by atoms with E-state index in [1.165, 1.54) is 18.2 Å². The first kappa shape index (κ1) is 26.8. The summed E-state index contributed by atoms with van der Waals surface area (Å²) in [6.45, 7) is 6.81. The first-order valence-corrected chi connectivity index (χ1v) is 11.5. The lowest BCUT2D eigenvalue weighted by atomic mass is 9.86. The quantitative estimate of drug-likeness (QED) is 0.516. The number of nitrogens with one attached hydrogen (secondary N) is 2. The summed E-state index contributed by atoms with van der Waals surface area (Å²) in [5.74, 6) is -0.812. The van der Waals surface area contributed by atoms with Crippen molar-refractivity contribution in [3.63, 3.8) is 0 Å². The maximum absolute atomic E-state index is 14.2. The summed E-state index contributed by atoms with van der Waals surface area (Å²) in [6, 6.07) is 7.28. The molecule has 1 heterocycles. The van der Waals surface area contributed by atoms with Crippen molar-refractivity contribution in [3.8, 4) is 0 Å². The molecule has 2 aromatic rings. The Morgan fingerprint density at radius 3 is 2.23 bits per heavy atom. The number of oxime groups is 1. The molecule has 0 spiro atoms. The van der Waals surface area contributed by atoms with Crippen LogP contribution in [0.2, 0.25) is 10.0 Å². The van der Waals surface area contributed by atoms with E-state index in [-0.39, 0.29) is 38.8 Å². The molecule has 0 fully saturated rings. The van der Waals surface area contributed by atoms with Crippen molar-refractivity contribution in [2.45, 2.75) is 58.0 Å². The average Bonchev–Trinajstić information content (AvgIpc) is 3.19. The maximum atomic E-state index is 14.2. The van der Waals surface area contributed by atoms with Gasteiger partial charge in [0.05, 0.1) is 5.71 Å². The number of carbonyl (C=O) groups is 2. The number of aryl methyl sites for hydroxylation is 1. The van der Waals surface area contributed by atoms with E-state index in [2.05, 4.69) is 15.8 Å². The van der Waals surface area contributed by atoms with Crippen molar-refractivity contribution in [1.29, 1.82) is 0 Å². The van der Waals surface area contributed by atoms with Crippen LogP contribution in [0.5, 0.6) is 0 Å². The number of halogens is 5. The van der Waals surface area contributed by atoms with Gasteiger partial charge in [-0.15, -0.1) is 0 Å². The Kier molecular flexibility index (Phi) is 7.71. The molecule has 2 atom stereocenters. The average molecular weight is 530 g/mol. The summed E-state index contributed by atoms with van der Waals surface area (Å²) in [5.41, 5.74) is -1.82. The Labute approximate surface area is 210 Å². The zero-order valence-electron chi connectivity index (χ0n) is 19.4. The molecule has 0 radical (unpaired) electrons. The van der Waals surface area contributed by atoms with Crippen molar-refractivity contribution in [1.82, 2.24) is 10.6 Å². The first-order valence-electron chi connectivity index (χ1n) is 10.7. The standard InChI is InChI=1S/C24H24Cl2F3N3O3/c1-12(2)30-21(33)14(4)31-22(34)19-6-5-15(7-13(19)3)20-11-23(35-32-20,24(27,28)29)16-8-17(25)10-18(26)9-16/h5-10,12,14H,11H2,1-4H3,(H,30,33)(H,31,34). The SMILES string of the molecule is Cc1cc(C2=NOC(c3cc(Cl)cc(Cl)c3)(C(F)(F)F)C2)ccc1C(=O)NC(C)C(=O)NC(C)C. The van der Waals surface area contributed by atoms with Gasteiger partial charge in [-0.05, 0) is 69.2 Å². The molecule has 0 saturated heterocycles. The Bertz CT molecular complexity index is 1160. The van der Waals surface area contributed by atoms with Gasteiger partial charge in [-0.2, -0.15) is 13.2 Å². The van der Waals surface area contributed by atoms with E-state index in [0.29, 0.717) is 11.1 Å². The number of alkyl halides is 3. The van der Waals surface area contributed by atoms with Crippen molar-refractivity contribution in [2.24, 2.45) is 5.16 Å². The van der Waals surface area contributed by atoms with E-state index in [9.17, 15) is 22.8 Å². The van der Waals surface area contributed by atoms with Crippen LogP contribution in [0, 0.1) is 6.92 Å². The molecule has 1 aliphatic rings. The zero-order valence-corrected chi connectivity index (χ0v) is 20.9. The van der Waals surface area contributed by atoms with E-state index in [1.54, 1.807) is 33.8 Å². The smallest absolute Gasteiger partial charge is 0.374 e. The van der Waals surface area contributed by atoms with Crippen LogP contribution in [0.25, 0.3) is 0 Å². The van der Waals surface area contributed by atoms with Gasteiger partial charge in [-0.1, -0.05) is 34.4 Å². The summed E-state index contributed by atoms with van der Waals surface area (Å²) >= 11 is 11.9. The summed E-state index contributed by atoms with van der Waals surface area (Å²) in [7, 11) is 0. The van der Waals surface area contributed by atoms with Crippen molar-refractivity contribution >= 4 is 40.7 Å². The van der Waals surface area contributed by atoms with E-state index in [4.69, 9.17) is 28.0 Å². The highest BCUT2D eigenvalue weighted by atomic mass is 35.5. The van der Waals surface area contributed by atoms with Crippen LogP contribution < -0.4 is 10.6 Å². The van der Waals surface area contributed by atoms with Gasteiger partial charge < -0.3 is 15.5 Å². The molecule has 0 bridgehead atoms. The van der Waals surface area contributed by atoms with Crippen LogP contribution in [-0.4, -0.2) is 35.8 Å². The third-order valence-electron chi connectivity index (χ3n) is 5.49. The van der Waals surface area contributed by atoms with Crippen LogP contribution in [0.3, 0.4) is 0 Å². The van der Waals surface area contributed by atoms with Gasteiger partial charge in [-0.3, -0.25) is 9.59 Å². The highest BCUT2D eigenvalue weighted by Gasteiger charge is 2.62. The lowest BCUT2D eigenvalue weighted by Crippen LogP contribution is -2.46. The fourth-order valence-electron chi connectivity index (χ4n) is 3.69. The Balaban J connectivity index is 1.83. The van der Waals surface area contributed by atoms with Crippen LogP contribution in [0.15, 0.2) is 41.6 Å². The molecule has 35 heavy (non-hydrogen) atoms. The lowest BCUT2D eigenvalue weighted by molar-refractivity contribution is -0.275. The minimum absolute atomic E-state index is 0.0377. The molecule has 188 valence electrons. The fraction of sp³-hybridized carbons (Fsp3) is 0.375. The lowest BCUT2D eigenvalue weighted by Gasteiger charge is -2.29. The van der Waals surface area contributed by atoms with E-state index in [0.717, 1.165) is 12.1 Å². The highest BCUT2D eigenvalue weighted by molar-refractivity contribution is 6.34. The molecular formula is C24H24Cl2F3N3O3. The molecule has 2 amide bonds. The number of rotatable bonds is 6. The number of hydrogen-bond acceptors (Lipinski definition) is 4. The van der Waals surface area contributed by atoms with Crippen LogP contribution in [0.4, 0.5) is 13.2 Å². The van der Waals surface area contributed by atoms with Gasteiger partial charge in [0.25, 0.3) is 11.5 Å². The predicted molar refractivity (Wildman–Crippen MR) is 128 cm³/mol. The van der Waals surface area contributed by atoms with Gasteiger partial charge in [0, 0.05) is 33.6 Å². The van der Waals surface area contributed by atoms with Crippen molar-refractivity contribution < 1.29 is 27.6 Å². The Morgan fingerprint density at radius 1 is 1.06 bits per heavy atom. The molecule has 6 nitrogen and oxygen atoms in total. The molecule has 2 aromatic carbocycles. The summed E-state index contributed by atoms with van der Waals surface area (Å²) in [5, 5.41) is 9.13. The third kappa shape index (κ3) is 5.73. The van der Waals surface area contributed by atoms with Gasteiger partial charge in [0.1, 0.15) is 6.04 Å². The molecule has 0 aromatic heterocycles. The first-order chi connectivity index (χ1) is 16.2. The topological polar surface area (TPSA) is 79.8 Å². The second-order valence-corrected chi connectivity index (χ2v) is 9.55.